The van der Waals surface area contributed by atoms with E-state index in [2.05, 4.69) is 11.7 Å². The summed E-state index contributed by atoms with van der Waals surface area (Å²) in [6.45, 7) is 2.19. The standard InChI is InChI=1S/C17H27F3O2/c1-2-3-4-5-12-6-8-13(9-7-12)14-10-11-15(17(18,19)20)22-16(14)21/h12-15H,2-11H2,1H3. The van der Waals surface area contributed by atoms with Crippen LogP contribution in [0.5, 0.6) is 0 Å². The molecule has 2 fully saturated rings. The van der Waals surface area contributed by atoms with E-state index in [4.69, 9.17) is 0 Å². The molecule has 128 valence electrons. The number of carbonyl (C=O) groups excluding carboxylic acids is 1. The molecular weight excluding hydrogens is 293 g/mol. The van der Waals surface area contributed by atoms with Crippen molar-refractivity contribution >= 4 is 5.97 Å². The van der Waals surface area contributed by atoms with Gasteiger partial charge in [-0.05, 0) is 37.5 Å². The number of hydrogen-bond donors (Lipinski definition) is 0. The van der Waals surface area contributed by atoms with Crippen LogP contribution in [0.1, 0.15) is 71.1 Å². The fraction of sp³-hybridized carbons (Fsp3) is 0.941. The smallest absolute Gasteiger partial charge is 0.425 e. The van der Waals surface area contributed by atoms with Gasteiger partial charge in [0.25, 0.3) is 0 Å². The molecule has 2 rings (SSSR count). The highest BCUT2D eigenvalue weighted by Gasteiger charge is 2.48. The van der Waals surface area contributed by atoms with Crippen molar-refractivity contribution in [2.24, 2.45) is 17.8 Å². The number of unbranched alkanes of at least 4 members (excludes halogenated alkanes) is 2. The first-order valence-corrected chi connectivity index (χ1v) is 8.69. The summed E-state index contributed by atoms with van der Waals surface area (Å²) in [6.07, 6.45) is 3.12. The maximum Gasteiger partial charge on any atom is 0.425 e. The molecule has 0 spiro atoms. The molecule has 2 atom stereocenters. The predicted molar refractivity (Wildman–Crippen MR) is 78.2 cm³/mol. The number of rotatable bonds is 5. The second-order valence-electron chi connectivity index (χ2n) is 6.93. The summed E-state index contributed by atoms with van der Waals surface area (Å²) in [5, 5.41) is 0. The summed E-state index contributed by atoms with van der Waals surface area (Å²) in [7, 11) is 0. The Morgan fingerprint density at radius 1 is 1.05 bits per heavy atom. The van der Waals surface area contributed by atoms with Crippen LogP contribution >= 0.6 is 0 Å². The van der Waals surface area contributed by atoms with Gasteiger partial charge < -0.3 is 4.74 Å². The van der Waals surface area contributed by atoms with E-state index in [0.717, 1.165) is 31.6 Å². The van der Waals surface area contributed by atoms with Crippen molar-refractivity contribution in [3.8, 4) is 0 Å². The summed E-state index contributed by atoms with van der Waals surface area (Å²) < 4.78 is 42.5. The second-order valence-corrected chi connectivity index (χ2v) is 6.93. The van der Waals surface area contributed by atoms with Gasteiger partial charge in [0.05, 0.1) is 5.92 Å². The molecule has 0 radical (unpaired) electrons. The number of cyclic esters (lactones) is 1. The van der Waals surface area contributed by atoms with Crippen LogP contribution in [0.4, 0.5) is 13.2 Å². The second kappa shape index (κ2) is 7.69. The molecule has 1 saturated heterocycles. The first kappa shape index (κ1) is 17.6. The zero-order valence-corrected chi connectivity index (χ0v) is 13.3. The lowest BCUT2D eigenvalue weighted by Crippen LogP contribution is -2.43. The molecule has 1 aliphatic carbocycles. The van der Waals surface area contributed by atoms with Crippen molar-refractivity contribution in [3.05, 3.63) is 0 Å². The molecule has 0 aromatic rings. The van der Waals surface area contributed by atoms with Gasteiger partial charge in [0.1, 0.15) is 0 Å². The van der Waals surface area contributed by atoms with E-state index >= 15 is 0 Å². The van der Waals surface area contributed by atoms with Crippen molar-refractivity contribution in [1.29, 1.82) is 0 Å². The molecule has 2 unspecified atom stereocenters. The van der Waals surface area contributed by atoms with Crippen molar-refractivity contribution in [1.82, 2.24) is 0 Å². The van der Waals surface area contributed by atoms with Crippen LogP contribution in [-0.4, -0.2) is 18.2 Å². The molecule has 1 heterocycles. The average Bonchev–Trinajstić information content (AvgIpc) is 2.47. The maximum absolute atomic E-state index is 12.6. The highest BCUT2D eigenvalue weighted by Crippen LogP contribution is 2.41. The fourth-order valence-corrected chi connectivity index (χ4v) is 3.96. The molecule has 1 aliphatic heterocycles. The van der Waals surface area contributed by atoms with Gasteiger partial charge in [-0.15, -0.1) is 0 Å². The topological polar surface area (TPSA) is 26.3 Å². The Balaban J connectivity index is 1.76. The Morgan fingerprint density at radius 2 is 1.73 bits per heavy atom. The third kappa shape index (κ3) is 4.63. The number of ether oxygens (including phenoxy) is 1. The highest BCUT2D eigenvalue weighted by atomic mass is 19.4. The summed E-state index contributed by atoms with van der Waals surface area (Å²) in [5.41, 5.74) is 0. The van der Waals surface area contributed by atoms with Gasteiger partial charge in [-0.3, -0.25) is 4.79 Å². The van der Waals surface area contributed by atoms with E-state index in [-0.39, 0.29) is 18.3 Å². The summed E-state index contributed by atoms with van der Waals surface area (Å²) in [6, 6.07) is 0. The number of esters is 1. The van der Waals surface area contributed by atoms with Crippen LogP contribution < -0.4 is 0 Å². The van der Waals surface area contributed by atoms with Crippen LogP contribution in [0.2, 0.25) is 0 Å². The number of hydrogen-bond acceptors (Lipinski definition) is 2. The van der Waals surface area contributed by atoms with E-state index < -0.39 is 18.2 Å². The molecule has 5 heteroatoms. The lowest BCUT2D eigenvalue weighted by molar-refractivity contribution is -0.234. The van der Waals surface area contributed by atoms with E-state index in [0.29, 0.717) is 6.42 Å². The summed E-state index contributed by atoms with van der Waals surface area (Å²) in [5.74, 6) is 0.0349. The highest BCUT2D eigenvalue weighted by molar-refractivity contribution is 5.73. The summed E-state index contributed by atoms with van der Waals surface area (Å²) >= 11 is 0. The van der Waals surface area contributed by atoms with Crippen molar-refractivity contribution < 1.29 is 22.7 Å². The van der Waals surface area contributed by atoms with Crippen LogP contribution in [0.25, 0.3) is 0 Å². The van der Waals surface area contributed by atoms with Crippen molar-refractivity contribution in [2.75, 3.05) is 0 Å². The molecular formula is C17H27F3O2. The average molecular weight is 320 g/mol. The van der Waals surface area contributed by atoms with Gasteiger partial charge in [-0.1, -0.05) is 45.4 Å². The van der Waals surface area contributed by atoms with E-state index in [9.17, 15) is 18.0 Å². The fourth-order valence-electron chi connectivity index (χ4n) is 3.96. The van der Waals surface area contributed by atoms with Crippen molar-refractivity contribution in [3.63, 3.8) is 0 Å². The molecule has 0 aromatic carbocycles. The van der Waals surface area contributed by atoms with Gasteiger partial charge in [0.15, 0.2) is 6.10 Å². The minimum absolute atomic E-state index is 0.0731. The SMILES string of the molecule is CCCCCC1CCC(C2CCC(C(F)(F)F)OC2=O)CC1. The molecule has 0 aromatic heterocycles. The first-order valence-electron chi connectivity index (χ1n) is 8.69. The predicted octanol–water partition coefficient (Wildman–Crippen LogP) is 5.26. The zero-order chi connectivity index (χ0) is 16.2. The molecule has 1 saturated carbocycles. The molecule has 0 amide bonds. The van der Waals surface area contributed by atoms with E-state index in [1.54, 1.807) is 0 Å². The molecule has 2 nitrogen and oxygen atoms in total. The van der Waals surface area contributed by atoms with Gasteiger partial charge >= 0.3 is 12.1 Å². The molecule has 2 aliphatic rings. The number of carbonyl (C=O) groups is 1. The normalized spacial score (nSPS) is 33.5. The largest absolute Gasteiger partial charge is 0.452 e. The first-order chi connectivity index (χ1) is 10.4. The van der Waals surface area contributed by atoms with Crippen LogP contribution in [0.15, 0.2) is 0 Å². The summed E-state index contributed by atoms with van der Waals surface area (Å²) in [4.78, 5) is 11.9. The van der Waals surface area contributed by atoms with Gasteiger partial charge in [0, 0.05) is 0 Å². The molecule has 0 bridgehead atoms. The molecule has 22 heavy (non-hydrogen) atoms. The minimum atomic E-state index is -4.42. The van der Waals surface area contributed by atoms with Gasteiger partial charge in [-0.2, -0.15) is 13.2 Å². The van der Waals surface area contributed by atoms with Gasteiger partial charge in [-0.25, -0.2) is 0 Å². The van der Waals surface area contributed by atoms with Crippen LogP contribution in [0, 0.1) is 17.8 Å². The van der Waals surface area contributed by atoms with Crippen molar-refractivity contribution in [2.45, 2.75) is 83.4 Å². The number of halogens is 3. The van der Waals surface area contributed by atoms with Crippen LogP contribution in [-0.2, 0) is 9.53 Å². The lowest BCUT2D eigenvalue weighted by Gasteiger charge is -2.37. The third-order valence-corrected chi connectivity index (χ3v) is 5.34. The van der Waals surface area contributed by atoms with Crippen LogP contribution in [0.3, 0.4) is 0 Å². The third-order valence-electron chi connectivity index (χ3n) is 5.34. The Kier molecular flexibility index (Phi) is 6.16. The monoisotopic (exact) mass is 320 g/mol. The Morgan fingerprint density at radius 3 is 2.27 bits per heavy atom. The van der Waals surface area contributed by atoms with Gasteiger partial charge in [0.2, 0.25) is 0 Å². The quantitative estimate of drug-likeness (QED) is 0.510. The maximum atomic E-state index is 12.6. The molecule has 0 N–H and O–H groups in total. The Bertz CT molecular complexity index is 359. The number of alkyl halides is 3. The minimum Gasteiger partial charge on any atom is -0.452 e. The zero-order valence-electron chi connectivity index (χ0n) is 13.3. The van der Waals surface area contributed by atoms with E-state index in [1.165, 1.54) is 25.7 Å². The lowest BCUT2D eigenvalue weighted by atomic mass is 9.72. The Hall–Kier alpha value is -0.740. The Labute approximate surface area is 130 Å². The van der Waals surface area contributed by atoms with E-state index in [1.807, 2.05) is 0 Å².